The summed E-state index contributed by atoms with van der Waals surface area (Å²) in [6, 6.07) is 6.69. The first-order valence-corrected chi connectivity index (χ1v) is 6.47. The van der Waals surface area contributed by atoms with E-state index >= 15 is 0 Å². The van der Waals surface area contributed by atoms with Crippen molar-refractivity contribution < 1.29 is 8.78 Å². The van der Waals surface area contributed by atoms with E-state index in [4.69, 9.17) is 5.26 Å². The third kappa shape index (κ3) is 2.27. The Morgan fingerprint density at radius 3 is 2.67 bits per heavy atom. The van der Waals surface area contributed by atoms with Crippen molar-refractivity contribution in [2.75, 3.05) is 0 Å². The van der Waals surface area contributed by atoms with Crippen molar-refractivity contribution in [1.29, 1.82) is 5.26 Å². The molecule has 1 nitrogen and oxygen atoms in total. The highest BCUT2D eigenvalue weighted by molar-refractivity contribution is 7.10. The van der Waals surface area contributed by atoms with Crippen molar-refractivity contribution in [2.45, 2.75) is 19.8 Å². The maximum absolute atomic E-state index is 13.9. The van der Waals surface area contributed by atoms with E-state index in [1.165, 1.54) is 23.5 Å². The van der Waals surface area contributed by atoms with Crippen molar-refractivity contribution in [1.82, 2.24) is 0 Å². The van der Waals surface area contributed by atoms with Gasteiger partial charge < -0.3 is 0 Å². The molecule has 0 saturated carbocycles. The van der Waals surface area contributed by atoms with Crippen LogP contribution >= 0.6 is 11.3 Å². The summed E-state index contributed by atoms with van der Waals surface area (Å²) in [4.78, 5) is 1.13. The fourth-order valence-corrected chi connectivity index (χ4v) is 2.58. The SMILES string of the molecule is CCc1cc(-c2ccc(CC#N)c(F)c2F)cs1. The number of aryl methyl sites for hydroxylation is 1. The summed E-state index contributed by atoms with van der Waals surface area (Å²) >= 11 is 1.53. The van der Waals surface area contributed by atoms with E-state index in [-0.39, 0.29) is 17.5 Å². The van der Waals surface area contributed by atoms with E-state index in [0.717, 1.165) is 11.3 Å². The van der Waals surface area contributed by atoms with Crippen molar-refractivity contribution in [2.24, 2.45) is 0 Å². The zero-order valence-electron chi connectivity index (χ0n) is 9.84. The van der Waals surface area contributed by atoms with Crippen LogP contribution < -0.4 is 0 Å². The van der Waals surface area contributed by atoms with E-state index in [2.05, 4.69) is 0 Å². The average molecular weight is 263 g/mol. The Labute approximate surface area is 108 Å². The summed E-state index contributed by atoms with van der Waals surface area (Å²) in [5.74, 6) is -1.79. The Kier molecular flexibility index (Phi) is 3.73. The number of benzene rings is 1. The minimum atomic E-state index is -0.918. The quantitative estimate of drug-likeness (QED) is 0.809. The number of halogens is 2. The fraction of sp³-hybridized carbons (Fsp3) is 0.214. The van der Waals surface area contributed by atoms with E-state index in [1.54, 1.807) is 0 Å². The molecule has 0 unspecified atom stereocenters. The molecule has 1 heterocycles. The molecule has 18 heavy (non-hydrogen) atoms. The third-order valence-corrected chi connectivity index (χ3v) is 3.83. The molecule has 0 aliphatic rings. The van der Waals surface area contributed by atoms with Gasteiger partial charge in [-0.3, -0.25) is 0 Å². The summed E-state index contributed by atoms with van der Waals surface area (Å²) < 4.78 is 27.6. The van der Waals surface area contributed by atoms with Crippen LogP contribution in [0.3, 0.4) is 0 Å². The topological polar surface area (TPSA) is 23.8 Å². The monoisotopic (exact) mass is 263 g/mol. The lowest BCUT2D eigenvalue weighted by Gasteiger charge is -2.05. The highest BCUT2D eigenvalue weighted by atomic mass is 32.1. The summed E-state index contributed by atoms with van der Waals surface area (Å²) in [7, 11) is 0. The highest BCUT2D eigenvalue weighted by Gasteiger charge is 2.15. The van der Waals surface area contributed by atoms with Crippen molar-refractivity contribution in [3.63, 3.8) is 0 Å². The molecule has 0 atom stereocenters. The van der Waals surface area contributed by atoms with Crippen LogP contribution in [0.4, 0.5) is 8.78 Å². The van der Waals surface area contributed by atoms with E-state index in [9.17, 15) is 8.78 Å². The van der Waals surface area contributed by atoms with Crippen LogP contribution in [0.25, 0.3) is 11.1 Å². The first-order valence-electron chi connectivity index (χ1n) is 5.59. The van der Waals surface area contributed by atoms with Gasteiger partial charge in [0.25, 0.3) is 0 Å². The first kappa shape index (κ1) is 12.7. The Hall–Kier alpha value is -1.73. The molecule has 2 aromatic rings. The lowest BCUT2D eigenvalue weighted by molar-refractivity contribution is 0.504. The van der Waals surface area contributed by atoms with Gasteiger partial charge in [0.15, 0.2) is 11.6 Å². The molecule has 0 bridgehead atoms. The van der Waals surface area contributed by atoms with Crippen LogP contribution in [0, 0.1) is 23.0 Å². The Morgan fingerprint density at radius 2 is 2.06 bits per heavy atom. The molecule has 4 heteroatoms. The summed E-state index contributed by atoms with van der Waals surface area (Å²) in [6.45, 7) is 2.02. The second-order valence-corrected chi connectivity index (χ2v) is 4.89. The second-order valence-electron chi connectivity index (χ2n) is 3.89. The van der Waals surface area contributed by atoms with Gasteiger partial charge in [-0.2, -0.15) is 5.26 Å². The number of rotatable bonds is 3. The van der Waals surface area contributed by atoms with Gasteiger partial charge in [0, 0.05) is 16.0 Å². The largest absolute Gasteiger partial charge is 0.203 e. The van der Waals surface area contributed by atoms with Crippen LogP contribution in [0.2, 0.25) is 0 Å². The van der Waals surface area contributed by atoms with Crippen molar-refractivity contribution in [3.8, 4) is 17.2 Å². The van der Waals surface area contributed by atoms with Gasteiger partial charge in [-0.25, -0.2) is 8.78 Å². The molecule has 92 valence electrons. The van der Waals surface area contributed by atoms with Crippen LogP contribution in [-0.4, -0.2) is 0 Å². The molecule has 2 rings (SSSR count). The van der Waals surface area contributed by atoms with Crippen LogP contribution in [0.5, 0.6) is 0 Å². The van der Waals surface area contributed by atoms with Gasteiger partial charge in [-0.05, 0) is 23.4 Å². The molecule has 0 fully saturated rings. The minimum absolute atomic E-state index is 0.102. The van der Waals surface area contributed by atoms with Gasteiger partial charge in [-0.1, -0.05) is 19.1 Å². The van der Waals surface area contributed by atoms with Gasteiger partial charge >= 0.3 is 0 Å². The average Bonchev–Trinajstić information content (AvgIpc) is 2.84. The predicted octanol–water partition coefficient (Wildman–Crippen LogP) is 4.32. The molecule has 0 amide bonds. The zero-order valence-corrected chi connectivity index (χ0v) is 10.7. The molecular weight excluding hydrogens is 252 g/mol. The van der Waals surface area contributed by atoms with Gasteiger partial charge in [0.2, 0.25) is 0 Å². The fourth-order valence-electron chi connectivity index (χ4n) is 1.74. The Bertz CT molecular complexity index is 611. The van der Waals surface area contributed by atoms with Gasteiger partial charge in [-0.15, -0.1) is 11.3 Å². The molecule has 0 aliphatic heterocycles. The van der Waals surface area contributed by atoms with E-state index in [0.29, 0.717) is 5.56 Å². The Balaban J connectivity index is 2.47. The molecule has 0 N–H and O–H groups in total. The molecular formula is C14H11F2NS. The normalized spacial score (nSPS) is 10.3. The highest BCUT2D eigenvalue weighted by Crippen LogP contribution is 2.30. The molecule has 0 radical (unpaired) electrons. The predicted molar refractivity (Wildman–Crippen MR) is 68.4 cm³/mol. The third-order valence-electron chi connectivity index (χ3n) is 2.75. The standard InChI is InChI=1S/C14H11F2NS/c1-2-11-7-10(8-18-11)12-4-3-9(5-6-17)13(15)14(12)16/h3-4,7-8H,2,5H2,1H3. The lowest BCUT2D eigenvalue weighted by Crippen LogP contribution is -1.95. The number of nitriles is 1. The summed E-state index contributed by atoms with van der Waals surface area (Å²) in [5, 5.41) is 10.3. The number of hydrogen-bond acceptors (Lipinski definition) is 2. The smallest absolute Gasteiger partial charge is 0.166 e. The lowest BCUT2D eigenvalue weighted by atomic mass is 10.0. The Morgan fingerprint density at radius 1 is 1.28 bits per heavy atom. The number of nitrogens with zero attached hydrogens (tertiary/aromatic N) is 1. The van der Waals surface area contributed by atoms with Gasteiger partial charge in [0.05, 0.1) is 12.5 Å². The van der Waals surface area contributed by atoms with Crippen LogP contribution in [-0.2, 0) is 12.8 Å². The molecule has 0 aliphatic carbocycles. The zero-order chi connectivity index (χ0) is 13.1. The first-order chi connectivity index (χ1) is 8.67. The maximum Gasteiger partial charge on any atom is 0.166 e. The van der Waals surface area contributed by atoms with E-state index < -0.39 is 11.6 Å². The molecule has 0 saturated heterocycles. The van der Waals surface area contributed by atoms with Crippen molar-refractivity contribution in [3.05, 3.63) is 45.7 Å². The van der Waals surface area contributed by atoms with Crippen LogP contribution in [0.1, 0.15) is 17.4 Å². The molecule has 1 aromatic carbocycles. The van der Waals surface area contributed by atoms with E-state index in [1.807, 2.05) is 24.4 Å². The second kappa shape index (κ2) is 5.28. The molecule has 1 aromatic heterocycles. The summed E-state index contributed by atoms with van der Waals surface area (Å²) in [6.07, 6.45) is 0.758. The number of hydrogen-bond donors (Lipinski definition) is 0. The van der Waals surface area contributed by atoms with Crippen LogP contribution in [0.15, 0.2) is 23.6 Å². The van der Waals surface area contributed by atoms with Gasteiger partial charge in [0.1, 0.15) is 0 Å². The summed E-state index contributed by atoms with van der Waals surface area (Å²) in [5.41, 5.74) is 1.05. The minimum Gasteiger partial charge on any atom is -0.203 e. The van der Waals surface area contributed by atoms with Crippen molar-refractivity contribution >= 4 is 11.3 Å². The number of thiophene rings is 1. The molecule has 0 spiro atoms. The maximum atomic E-state index is 13.9.